The van der Waals surface area contributed by atoms with Crippen molar-refractivity contribution < 1.29 is 23.8 Å². The van der Waals surface area contributed by atoms with Gasteiger partial charge in [-0.15, -0.1) is 0 Å². The lowest BCUT2D eigenvalue weighted by Crippen LogP contribution is -2.36. The number of nitrogens with one attached hydrogen (secondary N) is 1. The van der Waals surface area contributed by atoms with E-state index < -0.39 is 11.9 Å². The molecule has 1 aliphatic heterocycles. The van der Waals surface area contributed by atoms with E-state index in [0.29, 0.717) is 29.7 Å². The number of carbonyl (C=O) groups excluding carboxylic acids is 2. The van der Waals surface area contributed by atoms with Gasteiger partial charge >= 0.3 is 5.97 Å². The minimum absolute atomic E-state index is 0.0404. The molecule has 0 aromatic heterocycles. The summed E-state index contributed by atoms with van der Waals surface area (Å²) in [6, 6.07) is 27.0. The zero-order chi connectivity index (χ0) is 26.5. The van der Waals surface area contributed by atoms with E-state index in [2.05, 4.69) is 5.32 Å². The monoisotopic (exact) mass is 509 g/mol. The van der Waals surface area contributed by atoms with E-state index in [9.17, 15) is 9.59 Å². The van der Waals surface area contributed by atoms with Crippen molar-refractivity contribution in [3.63, 3.8) is 0 Å². The Hall–Kier alpha value is -4.32. The molecule has 0 fully saturated rings. The van der Waals surface area contributed by atoms with Crippen LogP contribution in [0.4, 0.5) is 0 Å². The van der Waals surface area contributed by atoms with Crippen molar-refractivity contribution in [3.8, 4) is 11.5 Å². The van der Waals surface area contributed by atoms with Crippen molar-refractivity contribution in [1.29, 1.82) is 0 Å². The maximum absolute atomic E-state index is 13.7. The Morgan fingerprint density at radius 1 is 0.842 bits per heavy atom. The topological polar surface area (TPSA) is 73.9 Å². The summed E-state index contributed by atoms with van der Waals surface area (Å²) in [6.45, 7) is 2.21. The SMILES string of the molecule is COc1ccc([C@@H]2CC(=O)C3=C(C2)NC(C)=C(C(=O)OCCOc2ccccc2)[C@H]3c2ccccc2)cc1. The summed E-state index contributed by atoms with van der Waals surface area (Å²) in [7, 11) is 1.64. The number of Topliss-reactive ketones (excluding diaryl/α,β-unsaturated/α-hetero) is 1. The van der Waals surface area contributed by atoms with Crippen LogP contribution in [0.25, 0.3) is 0 Å². The summed E-state index contributed by atoms with van der Waals surface area (Å²) in [4.78, 5) is 27.1. The third-order valence-corrected chi connectivity index (χ3v) is 7.10. The number of ketones is 1. The second-order valence-corrected chi connectivity index (χ2v) is 9.50. The van der Waals surface area contributed by atoms with Crippen LogP contribution in [0.2, 0.25) is 0 Å². The van der Waals surface area contributed by atoms with Crippen LogP contribution in [-0.4, -0.2) is 32.1 Å². The maximum atomic E-state index is 13.7. The minimum Gasteiger partial charge on any atom is -0.497 e. The summed E-state index contributed by atoms with van der Waals surface area (Å²) < 4.78 is 16.6. The molecule has 194 valence electrons. The van der Waals surface area contributed by atoms with Gasteiger partial charge in [0.25, 0.3) is 0 Å². The van der Waals surface area contributed by atoms with Crippen LogP contribution in [0.3, 0.4) is 0 Å². The third kappa shape index (κ3) is 5.35. The number of carbonyl (C=O) groups is 2. The van der Waals surface area contributed by atoms with Crippen molar-refractivity contribution in [1.82, 2.24) is 5.32 Å². The lowest BCUT2D eigenvalue weighted by Gasteiger charge is -2.36. The van der Waals surface area contributed by atoms with Crippen molar-refractivity contribution in [2.45, 2.75) is 31.6 Å². The zero-order valence-electron chi connectivity index (χ0n) is 21.6. The molecule has 3 aromatic carbocycles. The standard InChI is InChI=1S/C32H31NO5/c1-21-29(32(35)38-18-17-37-26-11-7-4-8-12-26)30(23-9-5-3-6-10-23)31-27(33-21)19-24(20-28(31)34)22-13-15-25(36-2)16-14-22/h3-16,24,30,33H,17-20H2,1-2H3/t24-,30+/m0/s1. The molecule has 1 heterocycles. The molecule has 1 N–H and O–H groups in total. The molecule has 0 spiro atoms. The normalized spacial score (nSPS) is 18.9. The summed E-state index contributed by atoms with van der Waals surface area (Å²) in [5, 5.41) is 3.40. The minimum atomic E-state index is -0.487. The van der Waals surface area contributed by atoms with Gasteiger partial charge in [-0.25, -0.2) is 4.79 Å². The van der Waals surface area contributed by atoms with Gasteiger partial charge in [-0.05, 0) is 54.7 Å². The van der Waals surface area contributed by atoms with Gasteiger partial charge in [0.2, 0.25) is 0 Å². The van der Waals surface area contributed by atoms with Crippen molar-refractivity contribution >= 4 is 11.8 Å². The Morgan fingerprint density at radius 3 is 2.21 bits per heavy atom. The Balaban J connectivity index is 1.38. The quantitative estimate of drug-likeness (QED) is 0.311. The molecule has 2 atom stereocenters. The van der Waals surface area contributed by atoms with Crippen LogP contribution in [-0.2, 0) is 14.3 Å². The van der Waals surface area contributed by atoms with Crippen LogP contribution in [0, 0.1) is 0 Å². The molecule has 0 saturated heterocycles. The Kier molecular flexibility index (Phi) is 7.59. The van der Waals surface area contributed by atoms with Gasteiger partial charge in [-0.3, -0.25) is 4.79 Å². The summed E-state index contributed by atoms with van der Waals surface area (Å²) in [6.07, 6.45) is 1.06. The third-order valence-electron chi connectivity index (χ3n) is 7.10. The van der Waals surface area contributed by atoms with E-state index in [1.54, 1.807) is 7.11 Å². The molecule has 38 heavy (non-hydrogen) atoms. The van der Waals surface area contributed by atoms with E-state index in [0.717, 1.165) is 28.3 Å². The average molecular weight is 510 g/mol. The van der Waals surface area contributed by atoms with E-state index >= 15 is 0 Å². The lowest BCUT2D eigenvalue weighted by molar-refractivity contribution is -0.140. The van der Waals surface area contributed by atoms with Crippen LogP contribution in [0.15, 0.2) is 107 Å². The summed E-state index contributed by atoms with van der Waals surface area (Å²) in [5.74, 6) is 0.656. The van der Waals surface area contributed by atoms with E-state index in [1.807, 2.05) is 91.9 Å². The average Bonchev–Trinajstić information content (AvgIpc) is 2.95. The van der Waals surface area contributed by atoms with Crippen LogP contribution in [0.5, 0.6) is 11.5 Å². The largest absolute Gasteiger partial charge is 0.497 e. The molecule has 0 bridgehead atoms. The van der Waals surface area contributed by atoms with Crippen LogP contribution < -0.4 is 14.8 Å². The number of dihydropyridines is 1. The molecular formula is C32H31NO5. The molecule has 2 aliphatic rings. The zero-order valence-corrected chi connectivity index (χ0v) is 21.6. The van der Waals surface area contributed by atoms with Gasteiger partial charge in [-0.2, -0.15) is 0 Å². The number of benzene rings is 3. The fraction of sp³-hybridized carbons (Fsp3) is 0.250. The molecule has 6 heteroatoms. The van der Waals surface area contributed by atoms with Gasteiger partial charge in [0.1, 0.15) is 24.7 Å². The smallest absolute Gasteiger partial charge is 0.336 e. The molecule has 0 amide bonds. The Morgan fingerprint density at radius 2 is 1.53 bits per heavy atom. The first kappa shape index (κ1) is 25.3. The van der Waals surface area contributed by atoms with E-state index in [-0.39, 0.29) is 24.9 Å². The molecule has 3 aromatic rings. The number of allylic oxidation sites excluding steroid dienone is 3. The molecule has 6 nitrogen and oxygen atoms in total. The van der Waals surface area contributed by atoms with Crippen LogP contribution >= 0.6 is 0 Å². The predicted molar refractivity (Wildman–Crippen MR) is 145 cm³/mol. The molecule has 0 saturated carbocycles. The van der Waals surface area contributed by atoms with Gasteiger partial charge < -0.3 is 19.5 Å². The first-order valence-corrected chi connectivity index (χ1v) is 12.8. The molecule has 0 unspecified atom stereocenters. The van der Waals surface area contributed by atoms with Gasteiger partial charge in [0.15, 0.2) is 5.78 Å². The first-order valence-electron chi connectivity index (χ1n) is 12.8. The highest BCUT2D eigenvalue weighted by Gasteiger charge is 2.41. The number of ether oxygens (including phenoxy) is 3. The second kappa shape index (κ2) is 11.4. The number of hydrogen-bond acceptors (Lipinski definition) is 6. The van der Waals surface area contributed by atoms with E-state index in [4.69, 9.17) is 14.2 Å². The highest BCUT2D eigenvalue weighted by atomic mass is 16.6. The highest BCUT2D eigenvalue weighted by molar-refractivity contribution is 6.04. The number of para-hydroxylation sites is 1. The number of esters is 1. The van der Waals surface area contributed by atoms with Gasteiger partial charge in [0.05, 0.1) is 12.7 Å². The van der Waals surface area contributed by atoms with Gasteiger partial charge in [-0.1, -0.05) is 60.7 Å². The summed E-state index contributed by atoms with van der Waals surface area (Å²) >= 11 is 0. The Bertz CT molecular complexity index is 1360. The Labute approximate surface area is 222 Å². The van der Waals surface area contributed by atoms with Crippen molar-refractivity contribution in [2.75, 3.05) is 20.3 Å². The molecule has 0 radical (unpaired) electrons. The maximum Gasteiger partial charge on any atom is 0.336 e. The van der Waals surface area contributed by atoms with E-state index in [1.165, 1.54) is 0 Å². The highest BCUT2D eigenvalue weighted by Crippen LogP contribution is 2.45. The molecule has 5 rings (SSSR count). The van der Waals surface area contributed by atoms with Crippen molar-refractivity contribution in [3.05, 3.63) is 119 Å². The summed E-state index contributed by atoms with van der Waals surface area (Å²) in [5.41, 5.74) is 4.68. The second-order valence-electron chi connectivity index (χ2n) is 9.50. The number of rotatable bonds is 8. The molecule has 1 aliphatic carbocycles. The first-order chi connectivity index (χ1) is 18.5. The fourth-order valence-corrected chi connectivity index (χ4v) is 5.29. The van der Waals surface area contributed by atoms with Crippen LogP contribution in [0.1, 0.15) is 42.7 Å². The number of hydrogen-bond donors (Lipinski definition) is 1. The van der Waals surface area contributed by atoms with Gasteiger partial charge in [0, 0.05) is 29.3 Å². The number of methoxy groups -OCH3 is 1. The predicted octanol–water partition coefficient (Wildman–Crippen LogP) is 5.68. The fourth-order valence-electron chi connectivity index (χ4n) is 5.29. The molecular weight excluding hydrogens is 478 g/mol. The lowest BCUT2D eigenvalue weighted by atomic mass is 9.72. The van der Waals surface area contributed by atoms with Crippen molar-refractivity contribution in [2.24, 2.45) is 0 Å².